The minimum atomic E-state index is -0.101. The second-order valence-corrected chi connectivity index (χ2v) is 7.64. The molecule has 0 aliphatic carbocycles. The lowest BCUT2D eigenvalue weighted by Gasteiger charge is -2.11. The first-order chi connectivity index (χ1) is 16.2. The van der Waals surface area contributed by atoms with Crippen LogP contribution in [0.25, 0.3) is 11.0 Å². The Balaban J connectivity index is 1.31. The summed E-state index contributed by atoms with van der Waals surface area (Å²) in [7, 11) is 1.65. The van der Waals surface area contributed by atoms with Crippen LogP contribution in [0.2, 0.25) is 0 Å². The maximum Gasteiger partial charge on any atom is 0.251 e. The maximum atomic E-state index is 12.3. The van der Waals surface area contributed by atoms with Crippen LogP contribution in [-0.4, -0.2) is 40.7 Å². The van der Waals surface area contributed by atoms with E-state index >= 15 is 0 Å². The molecule has 4 aromatic rings. The molecule has 0 unspecified atom stereocenters. The number of amides is 1. The number of ether oxygens (including phenoxy) is 2. The number of hydrogen-bond acceptors (Lipinski definition) is 5. The van der Waals surface area contributed by atoms with Crippen molar-refractivity contribution < 1.29 is 14.3 Å². The summed E-state index contributed by atoms with van der Waals surface area (Å²) in [5, 5.41) is 2.97. The summed E-state index contributed by atoms with van der Waals surface area (Å²) in [4.78, 5) is 21.1. The molecule has 33 heavy (non-hydrogen) atoms. The van der Waals surface area contributed by atoms with Crippen molar-refractivity contribution in [1.82, 2.24) is 19.9 Å². The van der Waals surface area contributed by atoms with E-state index in [-0.39, 0.29) is 5.91 Å². The highest BCUT2D eigenvalue weighted by Crippen LogP contribution is 2.19. The van der Waals surface area contributed by atoms with Gasteiger partial charge in [-0.25, -0.2) is 4.98 Å². The maximum absolute atomic E-state index is 12.3. The van der Waals surface area contributed by atoms with E-state index in [0.29, 0.717) is 25.1 Å². The number of nitrogens with zero attached hydrogens (tertiary/aromatic N) is 3. The molecule has 2 aromatic carbocycles. The van der Waals surface area contributed by atoms with Gasteiger partial charge in [0.2, 0.25) is 0 Å². The Morgan fingerprint density at radius 2 is 1.73 bits per heavy atom. The number of aromatic nitrogens is 3. The lowest BCUT2D eigenvalue weighted by Crippen LogP contribution is -2.26. The molecule has 0 aliphatic rings. The number of carbonyl (C=O) groups excluding carboxylic acids is 1. The molecule has 0 saturated carbocycles. The lowest BCUT2D eigenvalue weighted by molar-refractivity contribution is 0.0954. The number of unbranched alkanes of at least 4 members (excludes halogenated alkanes) is 1. The first-order valence-corrected chi connectivity index (χ1v) is 11.1. The van der Waals surface area contributed by atoms with Gasteiger partial charge in [0, 0.05) is 37.5 Å². The van der Waals surface area contributed by atoms with E-state index in [2.05, 4.69) is 20.9 Å². The van der Waals surface area contributed by atoms with Gasteiger partial charge >= 0.3 is 0 Å². The Bertz CT molecular complexity index is 1170. The quantitative estimate of drug-likeness (QED) is 0.350. The summed E-state index contributed by atoms with van der Waals surface area (Å²) < 4.78 is 13.3. The Morgan fingerprint density at radius 3 is 2.52 bits per heavy atom. The fourth-order valence-corrected chi connectivity index (χ4v) is 3.69. The lowest BCUT2D eigenvalue weighted by atomic mass is 10.2. The standard InChI is InChI=1S/C26H28N4O3/c1-32-21-8-10-22(11-9-21)33-19-5-4-18-30-24-7-3-2-6-23(24)29-25(30)14-17-28-26(31)20-12-15-27-16-13-20/h2-3,6-13,15-16H,4-5,14,17-19H2,1H3,(H,28,31). The molecule has 7 heteroatoms. The first kappa shape index (κ1) is 22.3. The van der Waals surface area contributed by atoms with E-state index < -0.39 is 0 Å². The predicted octanol–water partition coefficient (Wildman–Crippen LogP) is 4.27. The van der Waals surface area contributed by atoms with Crippen molar-refractivity contribution in [2.45, 2.75) is 25.8 Å². The number of para-hydroxylation sites is 2. The zero-order valence-electron chi connectivity index (χ0n) is 18.7. The van der Waals surface area contributed by atoms with Crippen molar-refractivity contribution in [2.24, 2.45) is 0 Å². The smallest absolute Gasteiger partial charge is 0.251 e. The summed E-state index contributed by atoms with van der Waals surface area (Å²) in [5.41, 5.74) is 2.70. The third-order valence-electron chi connectivity index (χ3n) is 5.41. The number of pyridine rings is 1. The zero-order valence-corrected chi connectivity index (χ0v) is 18.7. The third kappa shape index (κ3) is 5.88. The molecule has 7 nitrogen and oxygen atoms in total. The monoisotopic (exact) mass is 444 g/mol. The molecule has 4 rings (SSSR count). The Labute approximate surface area is 193 Å². The SMILES string of the molecule is COc1ccc(OCCCCn2c(CCNC(=O)c3ccncc3)nc3ccccc32)cc1. The molecule has 170 valence electrons. The number of fused-ring (bicyclic) bond motifs is 1. The summed E-state index contributed by atoms with van der Waals surface area (Å²) in [6.07, 6.45) is 5.79. The van der Waals surface area contributed by atoms with Crippen molar-refractivity contribution in [3.05, 3.63) is 84.4 Å². The van der Waals surface area contributed by atoms with E-state index in [1.54, 1.807) is 31.6 Å². The van der Waals surface area contributed by atoms with E-state index in [0.717, 1.165) is 47.7 Å². The second kappa shape index (κ2) is 11.1. The average molecular weight is 445 g/mol. The van der Waals surface area contributed by atoms with Gasteiger partial charge in [-0.05, 0) is 61.4 Å². The normalized spacial score (nSPS) is 10.8. The van der Waals surface area contributed by atoms with E-state index in [1.807, 2.05) is 42.5 Å². The van der Waals surface area contributed by atoms with Crippen LogP contribution in [0.1, 0.15) is 29.0 Å². The van der Waals surface area contributed by atoms with Crippen LogP contribution in [0, 0.1) is 0 Å². The number of imidazole rings is 1. The molecule has 0 spiro atoms. The first-order valence-electron chi connectivity index (χ1n) is 11.1. The molecular weight excluding hydrogens is 416 g/mol. The molecule has 0 bridgehead atoms. The minimum absolute atomic E-state index is 0.101. The highest BCUT2D eigenvalue weighted by Gasteiger charge is 2.11. The fraction of sp³-hybridized carbons (Fsp3) is 0.269. The van der Waals surface area contributed by atoms with Crippen LogP contribution in [-0.2, 0) is 13.0 Å². The van der Waals surface area contributed by atoms with Crippen molar-refractivity contribution in [2.75, 3.05) is 20.3 Å². The summed E-state index contributed by atoms with van der Waals surface area (Å²) >= 11 is 0. The van der Waals surface area contributed by atoms with Crippen molar-refractivity contribution in [3.63, 3.8) is 0 Å². The van der Waals surface area contributed by atoms with Crippen LogP contribution in [0.5, 0.6) is 11.5 Å². The Morgan fingerprint density at radius 1 is 0.970 bits per heavy atom. The molecule has 1 N–H and O–H groups in total. The largest absolute Gasteiger partial charge is 0.497 e. The van der Waals surface area contributed by atoms with Gasteiger partial charge in [-0.15, -0.1) is 0 Å². The van der Waals surface area contributed by atoms with Gasteiger partial charge in [0.05, 0.1) is 24.8 Å². The number of methoxy groups -OCH3 is 1. The van der Waals surface area contributed by atoms with Crippen LogP contribution in [0.4, 0.5) is 0 Å². The minimum Gasteiger partial charge on any atom is -0.497 e. The molecule has 0 saturated heterocycles. The molecule has 1 amide bonds. The van der Waals surface area contributed by atoms with E-state index in [9.17, 15) is 4.79 Å². The highest BCUT2D eigenvalue weighted by atomic mass is 16.5. The molecule has 2 aromatic heterocycles. The topological polar surface area (TPSA) is 78.3 Å². The average Bonchev–Trinajstić information content (AvgIpc) is 3.22. The van der Waals surface area contributed by atoms with Gasteiger partial charge in [0.15, 0.2) is 0 Å². The van der Waals surface area contributed by atoms with Gasteiger partial charge in [-0.3, -0.25) is 9.78 Å². The summed E-state index contributed by atoms with van der Waals surface area (Å²) in [6.45, 7) is 2.02. The van der Waals surface area contributed by atoms with Crippen molar-refractivity contribution in [1.29, 1.82) is 0 Å². The van der Waals surface area contributed by atoms with Gasteiger partial charge < -0.3 is 19.4 Å². The van der Waals surface area contributed by atoms with Crippen molar-refractivity contribution in [3.8, 4) is 11.5 Å². The third-order valence-corrected chi connectivity index (χ3v) is 5.41. The van der Waals surface area contributed by atoms with Gasteiger partial charge in [0.1, 0.15) is 17.3 Å². The molecule has 0 atom stereocenters. The zero-order chi connectivity index (χ0) is 22.9. The number of hydrogen-bond donors (Lipinski definition) is 1. The number of carbonyl (C=O) groups is 1. The fourth-order valence-electron chi connectivity index (χ4n) is 3.69. The number of nitrogens with one attached hydrogen (secondary N) is 1. The van der Waals surface area contributed by atoms with Crippen molar-refractivity contribution >= 4 is 16.9 Å². The molecule has 0 fully saturated rings. The Kier molecular flexibility index (Phi) is 7.53. The van der Waals surface area contributed by atoms with Crippen LogP contribution in [0.15, 0.2) is 73.1 Å². The van der Waals surface area contributed by atoms with Crippen LogP contribution < -0.4 is 14.8 Å². The van der Waals surface area contributed by atoms with Crippen LogP contribution in [0.3, 0.4) is 0 Å². The van der Waals surface area contributed by atoms with E-state index in [1.165, 1.54) is 0 Å². The summed E-state index contributed by atoms with van der Waals surface area (Å²) in [5.74, 6) is 2.53. The van der Waals surface area contributed by atoms with Crippen LogP contribution >= 0.6 is 0 Å². The molecule has 0 radical (unpaired) electrons. The number of benzene rings is 2. The van der Waals surface area contributed by atoms with E-state index in [4.69, 9.17) is 14.5 Å². The highest BCUT2D eigenvalue weighted by molar-refractivity contribution is 5.93. The summed E-state index contributed by atoms with van der Waals surface area (Å²) in [6, 6.07) is 19.2. The van der Waals surface area contributed by atoms with Gasteiger partial charge in [-0.2, -0.15) is 0 Å². The Hall–Kier alpha value is -3.87. The van der Waals surface area contributed by atoms with Gasteiger partial charge in [0.25, 0.3) is 5.91 Å². The number of rotatable bonds is 11. The molecular formula is C26H28N4O3. The predicted molar refractivity (Wildman–Crippen MR) is 128 cm³/mol. The van der Waals surface area contributed by atoms with Gasteiger partial charge in [-0.1, -0.05) is 12.1 Å². The second-order valence-electron chi connectivity index (χ2n) is 7.64. The number of aryl methyl sites for hydroxylation is 1. The molecule has 0 aliphatic heterocycles. The molecule has 2 heterocycles.